The van der Waals surface area contributed by atoms with Gasteiger partial charge in [-0.3, -0.25) is 9.53 Å². The molecule has 0 bridgehead atoms. The SMILES string of the molecule is CCO[Si](CCCNC(=O)C(F)(F)OCF)(OCC)OCC. The van der Waals surface area contributed by atoms with Gasteiger partial charge in [0.25, 0.3) is 0 Å². The zero-order valence-electron chi connectivity index (χ0n) is 13.1. The van der Waals surface area contributed by atoms with Gasteiger partial charge in [0, 0.05) is 32.4 Å². The second-order valence-corrected chi connectivity index (χ2v) is 6.84. The van der Waals surface area contributed by atoms with Crippen LogP contribution in [0.1, 0.15) is 27.2 Å². The number of carbonyl (C=O) groups is 1. The third kappa shape index (κ3) is 7.54. The molecular weight excluding hydrogens is 323 g/mol. The molecule has 0 unspecified atom stereocenters. The van der Waals surface area contributed by atoms with Crippen LogP contribution in [0.3, 0.4) is 0 Å². The van der Waals surface area contributed by atoms with E-state index in [-0.39, 0.29) is 6.54 Å². The quantitative estimate of drug-likeness (QED) is 0.408. The van der Waals surface area contributed by atoms with Crippen molar-refractivity contribution in [1.82, 2.24) is 5.32 Å². The number of nitrogens with one attached hydrogen (secondary N) is 1. The molecule has 0 aromatic carbocycles. The summed E-state index contributed by atoms with van der Waals surface area (Å²) >= 11 is 0. The third-order valence-electron chi connectivity index (χ3n) is 2.54. The van der Waals surface area contributed by atoms with Crippen molar-refractivity contribution in [3.05, 3.63) is 0 Å². The number of halogens is 3. The van der Waals surface area contributed by atoms with Gasteiger partial charge in [-0.05, 0) is 27.2 Å². The number of amides is 1. The highest BCUT2D eigenvalue weighted by Gasteiger charge is 2.42. The van der Waals surface area contributed by atoms with Crippen molar-refractivity contribution in [3.8, 4) is 0 Å². The first-order chi connectivity index (χ1) is 10.4. The lowest BCUT2D eigenvalue weighted by Crippen LogP contribution is -2.47. The second kappa shape index (κ2) is 10.9. The van der Waals surface area contributed by atoms with Gasteiger partial charge in [0.2, 0.25) is 0 Å². The second-order valence-electron chi connectivity index (χ2n) is 4.11. The lowest BCUT2D eigenvalue weighted by molar-refractivity contribution is -0.244. The normalized spacial score (nSPS) is 12.5. The molecule has 0 fully saturated rings. The fourth-order valence-corrected chi connectivity index (χ4v) is 4.36. The van der Waals surface area contributed by atoms with Crippen LogP contribution in [0.5, 0.6) is 0 Å². The molecule has 0 saturated heterocycles. The number of alkyl halides is 3. The van der Waals surface area contributed by atoms with Gasteiger partial charge in [0.05, 0.1) is 0 Å². The molecule has 0 spiro atoms. The molecule has 0 atom stereocenters. The highest BCUT2D eigenvalue weighted by molar-refractivity contribution is 6.60. The number of rotatable bonds is 13. The Morgan fingerprint density at radius 3 is 2.00 bits per heavy atom. The summed E-state index contributed by atoms with van der Waals surface area (Å²) in [4.78, 5) is 11.1. The van der Waals surface area contributed by atoms with Gasteiger partial charge >= 0.3 is 20.8 Å². The van der Waals surface area contributed by atoms with Crippen molar-refractivity contribution in [2.45, 2.75) is 39.3 Å². The summed E-state index contributed by atoms with van der Waals surface area (Å²) in [5.41, 5.74) is 0. The fourth-order valence-electron chi connectivity index (χ4n) is 1.75. The van der Waals surface area contributed by atoms with E-state index in [2.05, 4.69) is 4.74 Å². The topological polar surface area (TPSA) is 66.0 Å². The highest BCUT2D eigenvalue weighted by Crippen LogP contribution is 2.18. The molecule has 132 valence electrons. The van der Waals surface area contributed by atoms with Crippen molar-refractivity contribution in [3.63, 3.8) is 0 Å². The average molecular weight is 347 g/mol. The predicted octanol–water partition coefficient (Wildman–Crippen LogP) is 2.08. The molecule has 10 heteroatoms. The predicted molar refractivity (Wildman–Crippen MR) is 75.1 cm³/mol. The first-order valence-electron chi connectivity index (χ1n) is 7.15. The van der Waals surface area contributed by atoms with Crippen molar-refractivity contribution < 1.29 is 36.0 Å². The monoisotopic (exact) mass is 347 g/mol. The van der Waals surface area contributed by atoms with Crippen LogP contribution >= 0.6 is 0 Å². The number of hydrogen-bond donors (Lipinski definition) is 1. The van der Waals surface area contributed by atoms with Gasteiger partial charge in [-0.1, -0.05) is 0 Å². The lowest BCUT2D eigenvalue weighted by Gasteiger charge is -2.28. The van der Waals surface area contributed by atoms with E-state index in [0.717, 1.165) is 0 Å². The van der Waals surface area contributed by atoms with Crippen LogP contribution in [-0.2, 0) is 22.8 Å². The molecule has 0 radical (unpaired) electrons. The van der Waals surface area contributed by atoms with Gasteiger partial charge in [-0.2, -0.15) is 8.78 Å². The van der Waals surface area contributed by atoms with Crippen molar-refractivity contribution >= 4 is 14.7 Å². The van der Waals surface area contributed by atoms with Gasteiger partial charge in [0.15, 0.2) is 6.86 Å². The zero-order valence-corrected chi connectivity index (χ0v) is 14.1. The van der Waals surface area contributed by atoms with E-state index in [9.17, 15) is 18.0 Å². The third-order valence-corrected chi connectivity index (χ3v) is 5.69. The van der Waals surface area contributed by atoms with Crippen LogP contribution in [0.15, 0.2) is 0 Å². The Hall–Kier alpha value is -0.683. The van der Waals surface area contributed by atoms with E-state index in [1.165, 1.54) is 0 Å². The van der Waals surface area contributed by atoms with E-state index in [0.29, 0.717) is 32.3 Å². The van der Waals surface area contributed by atoms with Gasteiger partial charge in [-0.15, -0.1) is 0 Å². The summed E-state index contributed by atoms with van der Waals surface area (Å²) in [5, 5.41) is 1.98. The Morgan fingerprint density at radius 2 is 1.59 bits per heavy atom. The molecule has 0 aromatic rings. The maximum Gasteiger partial charge on any atom is 0.500 e. The molecule has 0 aromatic heterocycles. The van der Waals surface area contributed by atoms with Gasteiger partial charge < -0.3 is 18.6 Å². The van der Waals surface area contributed by atoms with Crippen LogP contribution in [0, 0.1) is 0 Å². The molecule has 0 aliphatic rings. The summed E-state index contributed by atoms with van der Waals surface area (Å²) < 4.78 is 57.7. The van der Waals surface area contributed by atoms with Gasteiger partial charge in [0.1, 0.15) is 0 Å². The van der Waals surface area contributed by atoms with Crippen LogP contribution in [-0.4, -0.2) is 54.0 Å². The van der Waals surface area contributed by atoms with Crippen molar-refractivity contribution in [1.29, 1.82) is 0 Å². The van der Waals surface area contributed by atoms with Crippen LogP contribution < -0.4 is 5.32 Å². The first kappa shape index (κ1) is 21.3. The molecule has 0 saturated carbocycles. The maximum absolute atomic E-state index is 12.9. The molecule has 0 heterocycles. The Bertz CT molecular complexity index is 306. The molecule has 0 aliphatic carbocycles. The molecule has 1 N–H and O–H groups in total. The summed E-state index contributed by atoms with van der Waals surface area (Å²) in [6, 6.07) is 0.373. The molecule has 6 nitrogen and oxygen atoms in total. The smallest absolute Gasteiger partial charge is 0.374 e. The molecular formula is C12H24F3NO5Si. The van der Waals surface area contributed by atoms with E-state index in [1.807, 2.05) is 5.32 Å². The maximum atomic E-state index is 12.9. The number of ether oxygens (including phenoxy) is 1. The summed E-state index contributed by atoms with van der Waals surface area (Å²) in [5.74, 6) is -1.68. The summed E-state index contributed by atoms with van der Waals surface area (Å²) in [6.45, 7) is 4.83. The van der Waals surface area contributed by atoms with Crippen LogP contribution in [0.25, 0.3) is 0 Å². The van der Waals surface area contributed by atoms with E-state index < -0.39 is 27.7 Å². The average Bonchev–Trinajstić information content (AvgIpc) is 2.44. The number of carbonyl (C=O) groups excluding carboxylic acids is 1. The lowest BCUT2D eigenvalue weighted by atomic mass is 10.4. The molecule has 0 aliphatic heterocycles. The highest BCUT2D eigenvalue weighted by atomic mass is 28.4. The van der Waals surface area contributed by atoms with Gasteiger partial charge in [-0.25, -0.2) is 4.39 Å². The minimum atomic E-state index is -4.18. The zero-order chi connectivity index (χ0) is 17.1. The Labute approximate surface area is 129 Å². The standard InChI is InChI=1S/C12H24F3NO5Si/c1-4-19-22(20-5-2,21-6-3)9-7-8-16-11(17)12(14,15)18-10-13/h4-10H2,1-3H3,(H,16,17). The number of hydrogen-bond acceptors (Lipinski definition) is 5. The molecule has 0 rings (SSSR count). The van der Waals surface area contributed by atoms with Crippen molar-refractivity contribution in [2.24, 2.45) is 0 Å². The van der Waals surface area contributed by atoms with Crippen LogP contribution in [0.2, 0.25) is 6.04 Å². The fraction of sp³-hybridized carbons (Fsp3) is 0.917. The molecule has 22 heavy (non-hydrogen) atoms. The minimum Gasteiger partial charge on any atom is -0.374 e. The minimum absolute atomic E-state index is 0.0496. The Kier molecular flexibility index (Phi) is 10.6. The summed E-state index contributed by atoms with van der Waals surface area (Å²) in [6.07, 6.45) is -3.85. The molecule has 1 amide bonds. The Balaban J connectivity index is 4.35. The van der Waals surface area contributed by atoms with Crippen LogP contribution in [0.4, 0.5) is 13.2 Å². The first-order valence-corrected chi connectivity index (χ1v) is 9.08. The Morgan fingerprint density at radius 1 is 1.09 bits per heavy atom. The summed E-state index contributed by atoms with van der Waals surface area (Å²) in [7, 11) is -2.86. The van der Waals surface area contributed by atoms with E-state index >= 15 is 0 Å². The van der Waals surface area contributed by atoms with Crippen molar-refractivity contribution in [2.75, 3.05) is 33.2 Å². The van der Waals surface area contributed by atoms with E-state index in [4.69, 9.17) is 13.3 Å². The largest absolute Gasteiger partial charge is 0.500 e. The van der Waals surface area contributed by atoms with E-state index in [1.54, 1.807) is 20.8 Å².